The Hall–Kier alpha value is -2.02. The average molecular weight is 209 g/mol. The van der Waals surface area contributed by atoms with E-state index in [0.29, 0.717) is 0 Å². The molecule has 1 aromatic rings. The van der Waals surface area contributed by atoms with Crippen LogP contribution in [0, 0.1) is 0 Å². The third-order valence-electron chi connectivity index (χ3n) is 2.65. The topological polar surface area (TPSA) is 12.0 Å². The van der Waals surface area contributed by atoms with Crippen molar-refractivity contribution in [3.63, 3.8) is 0 Å². The number of rotatable bonds is 3. The first kappa shape index (κ1) is 10.5. The Bertz CT molecular complexity index is 466. The zero-order chi connectivity index (χ0) is 11.4. The lowest BCUT2D eigenvalue weighted by atomic mass is 9.99. The van der Waals surface area contributed by atoms with Crippen LogP contribution in [0.1, 0.15) is 5.56 Å². The quantitative estimate of drug-likeness (QED) is 0.747. The third-order valence-corrected chi connectivity index (χ3v) is 2.65. The number of nitrogens with one attached hydrogen (secondary N) is 1. The molecule has 0 amide bonds. The molecular formula is C15H15N. The monoisotopic (exact) mass is 209 g/mol. The molecule has 0 radical (unpaired) electrons. The number of allylic oxidation sites excluding steroid dienone is 2. The fourth-order valence-electron chi connectivity index (χ4n) is 1.82. The SMILES string of the molecule is C=C/C=C(\C=C)C1C=Cc2ccccc2N1. The first-order chi connectivity index (χ1) is 7.85. The van der Waals surface area contributed by atoms with Gasteiger partial charge >= 0.3 is 0 Å². The molecular weight excluding hydrogens is 194 g/mol. The fourth-order valence-corrected chi connectivity index (χ4v) is 1.82. The Kier molecular flexibility index (Phi) is 3.06. The normalized spacial score (nSPS) is 18.5. The second-order valence-corrected chi connectivity index (χ2v) is 3.67. The Morgan fingerprint density at radius 1 is 1.25 bits per heavy atom. The minimum absolute atomic E-state index is 0.186. The first-order valence-electron chi connectivity index (χ1n) is 5.34. The van der Waals surface area contributed by atoms with Crippen LogP contribution in [-0.2, 0) is 0 Å². The molecule has 1 heteroatoms. The largest absolute Gasteiger partial charge is 0.374 e. The summed E-state index contributed by atoms with van der Waals surface area (Å²) in [4.78, 5) is 0. The molecule has 80 valence electrons. The second-order valence-electron chi connectivity index (χ2n) is 3.67. The van der Waals surface area contributed by atoms with Gasteiger partial charge in [-0.3, -0.25) is 0 Å². The van der Waals surface area contributed by atoms with Gasteiger partial charge in [0.1, 0.15) is 0 Å². The van der Waals surface area contributed by atoms with Crippen molar-refractivity contribution in [3.8, 4) is 0 Å². The maximum atomic E-state index is 3.82. The van der Waals surface area contributed by atoms with Crippen molar-refractivity contribution in [2.75, 3.05) is 5.32 Å². The van der Waals surface area contributed by atoms with Crippen LogP contribution in [0.4, 0.5) is 5.69 Å². The summed E-state index contributed by atoms with van der Waals surface area (Å²) in [5.41, 5.74) is 3.51. The number of hydrogen-bond acceptors (Lipinski definition) is 1. The molecule has 0 fully saturated rings. The Labute approximate surface area is 96.5 Å². The van der Waals surface area contributed by atoms with Crippen molar-refractivity contribution in [2.45, 2.75) is 6.04 Å². The predicted molar refractivity (Wildman–Crippen MR) is 71.4 cm³/mol. The van der Waals surface area contributed by atoms with Gasteiger partial charge in [-0.15, -0.1) is 0 Å². The third kappa shape index (κ3) is 1.98. The molecule has 0 saturated carbocycles. The summed E-state index contributed by atoms with van der Waals surface area (Å²) in [6, 6.07) is 8.44. The Morgan fingerprint density at radius 2 is 2.06 bits per heavy atom. The number of fused-ring (bicyclic) bond motifs is 1. The van der Waals surface area contributed by atoms with Crippen LogP contribution in [0.5, 0.6) is 0 Å². The zero-order valence-corrected chi connectivity index (χ0v) is 9.19. The summed E-state index contributed by atoms with van der Waals surface area (Å²) in [7, 11) is 0. The lowest BCUT2D eigenvalue weighted by Crippen LogP contribution is -2.21. The molecule has 1 aliphatic heterocycles. The van der Waals surface area contributed by atoms with Crippen molar-refractivity contribution >= 4 is 11.8 Å². The summed E-state index contributed by atoms with van der Waals surface area (Å²) < 4.78 is 0. The smallest absolute Gasteiger partial charge is 0.0701 e. The summed E-state index contributed by atoms with van der Waals surface area (Å²) in [5.74, 6) is 0. The molecule has 0 spiro atoms. The molecule has 0 bridgehead atoms. The molecule has 1 nitrogen and oxygen atoms in total. The van der Waals surface area contributed by atoms with Crippen molar-refractivity contribution in [3.05, 3.63) is 72.9 Å². The van der Waals surface area contributed by atoms with Crippen LogP contribution in [0.25, 0.3) is 6.08 Å². The van der Waals surface area contributed by atoms with Gasteiger partial charge in [0.05, 0.1) is 6.04 Å². The van der Waals surface area contributed by atoms with Crippen LogP contribution in [0.2, 0.25) is 0 Å². The van der Waals surface area contributed by atoms with Gasteiger partial charge in [0.2, 0.25) is 0 Å². The van der Waals surface area contributed by atoms with E-state index in [1.165, 1.54) is 5.56 Å². The van der Waals surface area contributed by atoms with Gasteiger partial charge in [-0.05, 0) is 17.2 Å². The molecule has 0 saturated heterocycles. The van der Waals surface area contributed by atoms with Gasteiger partial charge in [0, 0.05) is 5.69 Å². The minimum atomic E-state index is 0.186. The number of hydrogen-bond donors (Lipinski definition) is 1. The molecule has 0 aromatic heterocycles. The van der Waals surface area contributed by atoms with E-state index in [-0.39, 0.29) is 6.04 Å². The van der Waals surface area contributed by atoms with Crippen LogP contribution in [-0.4, -0.2) is 6.04 Å². The standard InChI is InChI=1S/C15H15N/c1-3-7-12(4-2)15-11-10-13-8-5-6-9-14(13)16-15/h3-11,15-16H,1-2H2/b12-7+. The van der Waals surface area contributed by atoms with Gasteiger partial charge < -0.3 is 5.32 Å². The van der Waals surface area contributed by atoms with Crippen LogP contribution in [0.3, 0.4) is 0 Å². The summed E-state index contributed by atoms with van der Waals surface area (Å²) >= 11 is 0. The van der Waals surface area contributed by atoms with E-state index in [0.717, 1.165) is 11.3 Å². The molecule has 1 aliphatic rings. The van der Waals surface area contributed by atoms with Crippen LogP contribution < -0.4 is 5.32 Å². The molecule has 0 aliphatic carbocycles. The lowest BCUT2D eigenvalue weighted by molar-refractivity contribution is 1.05. The van der Waals surface area contributed by atoms with Crippen LogP contribution >= 0.6 is 0 Å². The zero-order valence-electron chi connectivity index (χ0n) is 9.19. The minimum Gasteiger partial charge on any atom is -0.374 e. The van der Waals surface area contributed by atoms with Crippen LogP contribution in [0.15, 0.2) is 67.3 Å². The highest BCUT2D eigenvalue weighted by Gasteiger charge is 2.13. The van der Waals surface area contributed by atoms with Gasteiger partial charge in [0.25, 0.3) is 0 Å². The van der Waals surface area contributed by atoms with Crippen molar-refractivity contribution in [2.24, 2.45) is 0 Å². The highest BCUT2D eigenvalue weighted by atomic mass is 14.9. The van der Waals surface area contributed by atoms with E-state index >= 15 is 0 Å². The second kappa shape index (κ2) is 4.67. The van der Waals surface area contributed by atoms with Crippen molar-refractivity contribution in [1.82, 2.24) is 0 Å². The first-order valence-corrected chi connectivity index (χ1v) is 5.34. The molecule has 1 unspecified atom stereocenters. The molecule has 1 N–H and O–H groups in total. The number of para-hydroxylation sites is 1. The highest BCUT2D eigenvalue weighted by molar-refractivity contribution is 5.72. The fraction of sp³-hybridized carbons (Fsp3) is 0.0667. The Balaban J connectivity index is 2.29. The van der Waals surface area contributed by atoms with Gasteiger partial charge in [-0.1, -0.05) is 61.7 Å². The van der Waals surface area contributed by atoms with Crippen molar-refractivity contribution < 1.29 is 0 Å². The van der Waals surface area contributed by atoms with E-state index < -0.39 is 0 Å². The number of anilines is 1. The molecule has 1 atom stereocenters. The maximum Gasteiger partial charge on any atom is 0.0701 e. The Morgan fingerprint density at radius 3 is 2.81 bits per heavy atom. The molecule has 16 heavy (non-hydrogen) atoms. The van der Waals surface area contributed by atoms with Gasteiger partial charge in [-0.2, -0.15) is 0 Å². The number of benzene rings is 1. The molecule has 2 rings (SSSR count). The van der Waals surface area contributed by atoms with E-state index in [4.69, 9.17) is 0 Å². The summed E-state index contributed by atoms with van der Waals surface area (Å²) in [6.07, 6.45) is 9.89. The van der Waals surface area contributed by atoms with E-state index in [2.05, 4.69) is 42.8 Å². The maximum absolute atomic E-state index is 3.82. The van der Waals surface area contributed by atoms with Gasteiger partial charge in [-0.25, -0.2) is 0 Å². The van der Waals surface area contributed by atoms with Gasteiger partial charge in [0.15, 0.2) is 0 Å². The van der Waals surface area contributed by atoms with E-state index in [1.54, 1.807) is 6.08 Å². The lowest BCUT2D eigenvalue weighted by Gasteiger charge is -2.23. The molecule has 1 aromatic carbocycles. The summed E-state index contributed by atoms with van der Waals surface area (Å²) in [6.45, 7) is 7.53. The predicted octanol–water partition coefficient (Wildman–Crippen LogP) is 3.79. The average Bonchev–Trinajstić information content (AvgIpc) is 2.35. The molecule has 1 heterocycles. The highest BCUT2D eigenvalue weighted by Crippen LogP contribution is 2.25. The summed E-state index contributed by atoms with van der Waals surface area (Å²) in [5, 5.41) is 3.46. The van der Waals surface area contributed by atoms with E-state index in [1.807, 2.05) is 24.3 Å². The van der Waals surface area contributed by atoms with E-state index in [9.17, 15) is 0 Å². The van der Waals surface area contributed by atoms with Crippen molar-refractivity contribution in [1.29, 1.82) is 0 Å².